The third-order valence-corrected chi connectivity index (χ3v) is 1.38. The molecule has 47 valence electrons. The maximum atomic E-state index is 10.3. The molecule has 3 heteroatoms. The van der Waals surface area contributed by atoms with Gasteiger partial charge < -0.3 is 4.74 Å². The van der Waals surface area contributed by atoms with Gasteiger partial charge in [-0.2, -0.15) is 0 Å². The molecule has 1 radical (unpaired) electrons. The monoisotopic (exact) mass is 141 g/mol. The lowest BCUT2D eigenvalue weighted by molar-refractivity contribution is -0.131. The number of thiophene rings is 1. The standard InChI is InChI=1S/C6H5O2S/c1-5(7)8-6-3-2-4-9-6/h3-4H,1H3. The molecular weight excluding hydrogens is 136 g/mol. The van der Waals surface area contributed by atoms with Gasteiger partial charge in [0.2, 0.25) is 0 Å². The minimum atomic E-state index is -0.286. The largest absolute Gasteiger partial charge is 0.416 e. The van der Waals surface area contributed by atoms with Gasteiger partial charge in [0, 0.05) is 18.4 Å². The summed E-state index contributed by atoms with van der Waals surface area (Å²) in [7, 11) is 0. The molecule has 0 aliphatic heterocycles. The van der Waals surface area contributed by atoms with Crippen LogP contribution in [0.25, 0.3) is 0 Å². The normalized spacial score (nSPS) is 9.00. The zero-order chi connectivity index (χ0) is 6.69. The van der Waals surface area contributed by atoms with E-state index in [-0.39, 0.29) is 5.97 Å². The summed E-state index contributed by atoms with van der Waals surface area (Å²) in [5.74, 6) is -0.286. The number of esters is 1. The van der Waals surface area contributed by atoms with Crippen LogP contribution in [0.1, 0.15) is 6.92 Å². The van der Waals surface area contributed by atoms with Gasteiger partial charge in [-0.15, -0.1) is 11.3 Å². The third-order valence-electron chi connectivity index (χ3n) is 0.689. The Kier molecular flexibility index (Phi) is 1.85. The Morgan fingerprint density at radius 3 is 3.11 bits per heavy atom. The molecule has 1 rings (SSSR count). The molecule has 1 aromatic rings. The van der Waals surface area contributed by atoms with Gasteiger partial charge in [0.1, 0.15) is 0 Å². The van der Waals surface area contributed by atoms with Crippen LogP contribution >= 0.6 is 11.3 Å². The molecule has 0 aromatic carbocycles. The molecule has 9 heavy (non-hydrogen) atoms. The first-order valence-electron chi connectivity index (χ1n) is 2.42. The van der Waals surface area contributed by atoms with Crippen LogP contribution in [0.2, 0.25) is 0 Å². The average Bonchev–Trinajstić information content (AvgIpc) is 2.15. The maximum absolute atomic E-state index is 10.3. The molecule has 2 nitrogen and oxygen atoms in total. The molecule has 1 heterocycles. The Labute approximate surface area is 57.1 Å². The van der Waals surface area contributed by atoms with E-state index in [1.807, 2.05) is 0 Å². The highest BCUT2D eigenvalue weighted by Gasteiger charge is 1.95. The van der Waals surface area contributed by atoms with E-state index in [2.05, 4.69) is 6.07 Å². The van der Waals surface area contributed by atoms with E-state index in [9.17, 15) is 4.79 Å². The van der Waals surface area contributed by atoms with Crippen molar-refractivity contribution in [2.75, 3.05) is 0 Å². The van der Waals surface area contributed by atoms with Gasteiger partial charge in [0.05, 0.1) is 0 Å². The van der Waals surface area contributed by atoms with Crippen molar-refractivity contribution in [1.82, 2.24) is 0 Å². The summed E-state index contributed by atoms with van der Waals surface area (Å²) in [6.45, 7) is 1.37. The SMILES string of the molecule is CC(=O)Oc1c[c]cs1. The van der Waals surface area contributed by atoms with Crippen LogP contribution in [0.5, 0.6) is 5.06 Å². The molecule has 0 N–H and O–H groups in total. The number of hydrogen-bond acceptors (Lipinski definition) is 3. The first kappa shape index (κ1) is 6.29. The Bertz CT molecular complexity index is 191. The van der Waals surface area contributed by atoms with E-state index in [4.69, 9.17) is 4.74 Å². The van der Waals surface area contributed by atoms with Gasteiger partial charge in [-0.3, -0.25) is 4.79 Å². The number of carbonyl (C=O) groups excluding carboxylic acids is 1. The highest BCUT2D eigenvalue weighted by atomic mass is 32.1. The van der Waals surface area contributed by atoms with Crippen molar-refractivity contribution in [3.05, 3.63) is 17.5 Å². The van der Waals surface area contributed by atoms with Crippen molar-refractivity contribution in [1.29, 1.82) is 0 Å². The fourth-order valence-corrected chi connectivity index (χ4v) is 0.977. The molecule has 0 saturated carbocycles. The van der Waals surface area contributed by atoms with Crippen molar-refractivity contribution >= 4 is 17.3 Å². The summed E-state index contributed by atoms with van der Waals surface area (Å²) in [5, 5.41) is 2.33. The minimum Gasteiger partial charge on any atom is -0.416 e. The molecule has 0 bridgehead atoms. The molecule has 0 unspecified atom stereocenters. The molecule has 0 fully saturated rings. The zero-order valence-electron chi connectivity index (χ0n) is 4.88. The van der Waals surface area contributed by atoms with Crippen LogP contribution in [0.3, 0.4) is 0 Å². The Morgan fingerprint density at radius 2 is 2.67 bits per heavy atom. The van der Waals surface area contributed by atoms with Crippen LogP contribution in [0, 0.1) is 6.07 Å². The van der Waals surface area contributed by atoms with Crippen molar-refractivity contribution in [2.24, 2.45) is 0 Å². The van der Waals surface area contributed by atoms with Gasteiger partial charge in [0.15, 0.2) is 5.06 Å². The highest BCUT2D eigenvalue weighted by molar-refractivity contribution is 7.11. The first-order chi connectivity index (χ1) is 4.29. The second-order valence-corrected chi connectivity index (χ2v) is 2.33. The lowest BCUT2D eigenvalue weighted by atomic mass is 10.6. The van der Waals surface area contributed by atoms with E-state index in [0.29, 0.717) is 5.06 Å². The summed E-state index contributed by atoms with van der Waals surface area (Å²) in [4.78, 5) is 10.3. The highest BCUT2D eigenvalue weighted by Crippen LogP contribution is 2.17. The Hall–Kier alpha value is -0.830. The van der Waals surface area contributed by atoms with Crippen molar-refractivity contribution in [2.45, 2.75) is 6.92 Å². The first-order valence-corrected chi connectivity index (χ1v) is 3.30. The number of rotatable bonds is 1. The summed E-state index contributed by atoms with van der Waals surface area (Å²) < 4.78 is 4.70. The molecule has 0 atom stereocenters. The van der Waals surface area contributed by atoms with E-state index >= 15 is 0 Å². The summed E-state index contributed by atoms with van der Waals surface area (Å²) in [6, 6.07) is 4.41. The number of hydrogen-bond donors (Lipinski definition) is 0. The number of ether oxygens (including phenoxy) is 1. The second-order valence-electron chi connectivity index (χ2n) is 1.46. The van der Waals surface area contributed by atoms with E-state index < -0.39 is 0 Å². The van der Waals surface area contributed by atoms with Gasteiger partial charge in [-0.1, -0.05) is 0 Å². The minimum absolute atomic E-state index is 0.286. The molecule has 1 aromatic heterocycles. The molecule has 0 aliphatic rings. The zero-order valence-corrected chi connectivity index (χ0v) is 5.70. The fourth-order valence-electron chi connectivity index (χ4n) is 0.423. The van der Waals surface area contributed by atoms with E-state index in [0.717, 1.165) is 0 Å². The molecule has 0 spiro atoms. The van der Waals surface area contributed by atoms with Gasteiger partial charge in [0.25, 0.3) is 0 Å². The molecule has 0 saturated heterocycles. The lowest BCUT2D eigenvalue weighted by Gasteiger charge is -1.91. The smallest absolute Gasteiger partial charge is 0.308 e. The van der Waals surface area contributed by atoms with Gasteiger partial charge in [-0.05, 0) is 6.07 Å². The quantitative estimate of drug-likeness (QED) is 0.553. The van der Waals surface area contributed by atoms with Crippen LogP contribution in [-0.2, 0) is 4.79 Å². The molecule has 0 aliphatic carbocycles. The van der Waals surface area contributed by atoms with Gasteiger partial charge in [-0.25, -0.2) is 0 Å². The Balaban J connectivity index is 2.58. The predicted octanol–water partition coefficient (Wildman–Crippen LogP) is 1.47. The van der Waals surface area contributed by atoms with Crippen molar-refractivity contribution in [3.8, 4) is 5.06 Å². The van der Waals surface area contributed by atoms with E-state index in [1.54, 1.807) is 11.4 Å². The fraction of sp³-hybridized carbons (Fsp3) is 0.167. The third kappa shape index (κ3) is 1.85. The van der Waals surface area contributed by atoms with Crippen LogP contribution in [-0.4, -0.2) is 5.97 Å². The molecular formula is C6H5O2S. The molecule has 0 amide bonds. The van der Waals surface area contributed by atoms with E-state index in [1.165, 1.54) is 18.3 Å². The Morgan fingerprint density at radius 1 is 1.89 bits per heavy atom. The van der Waals surface area contributed by atoms with Crippen LogP contribution < -0.4 is 4.74 Å². The lowest BCUT2D eigenvalue weighted by Crippen LogP contribution is -1.98. The predicted molar refractivity (Wildman–Crippen MR) is 34.5 cm³/mol. The summed E-state index contributed by atoms with van der Waals surface area (Å²) in [5.41, 5.74) is 0. The van der Waals surface area contributed by atoms with Crippen LogP contribution in [0.15, 0.2) is 11.4 Å². The van der Waals surface area contributed by atoms with Crippen LogP contribution in [0.4, 0.5) is 0 Å². The topological polar surface area (TPSA) is 26.3 Å². The second kappa shape index (κ2) is 2.64. The van der Waals surface area contributed by atoms with Gasteiger partial charge >= 0.3 is 5.97 Å². The van der Waals surface area contributed by atoms with Crippen molar-refractivity contribution < 1.29 is 9.53 Å². The number of carbonyl (C=O) groups is 1. The van der Waals surface area contributed by atoms with Crippen molar-refractivity contribution in [3.63, 3.8) is 0 Å². The summed E-state index contributed by atoms with van der Waals surface area (Å²) in [6.07, 6.45) is 0. The summed E-state index contributed by atoms with van der Waals surface area (Å²) >= 11 is 1.35. The maximum Gasteiger partial charge on any atom is 0.308 e. The average molecular weight is 141 g/mol.